The second-order valence-corrected chi connectivity index (χ2v) is 8.10. The quantitative estimate of drug-likeness (QED) is 0.465. The van der Waals surface area contributed by atoms with Crippen molar-refractivity contribution in [2.24, 2.45) is 0 Å². The maximum Gasteiger partial charge on any atom is 0.338 e. The van der Waals surface area contributed by atoms with E-state index < -0.39 is 0 Å². The first-order valence-corrected chi connectivity index (χ1v) is 10.9. The van der Waals surface area contributed by atoms with Crippen LogP contribution < -0.4 is 20.1 Å². The molecule has 6 nitrogen and oxygen atoms in total. The van der Waals surface area contributed by atoms with Gasteiger partial charge in [0.15, 0.2) is 16.6 Å². The zero-order chi connectivity index (χ0) is 22.4. The summed E-state index contributed by atoms with van der Waals surface area (Å²) in [5.41, 5.74) is 3.16. The van der Waals surface area contributed by atoms with Crippen LogP contribution in [-0.2, 0) is 10.3 Å². The van der Waals surface area contributed by atoms with Crippen LogP contribution in [0.4, 0.5) is 5.69 Å². The Balaban J connectivity index is 1.78. The van der Waals surface area contributed by atoms with E-state index in [1.54, 1.807) is 27.2 Å². The van der Waals surface area contributed by atoms with E-state index in [9.17, 15) is 4.79 Å². The number of methoxy groups -OCH3 is 2. The molecule has 0 heterocycles. The van der Waals surface area contributed by atoms with Crippen molar-refractivity contribution in [1.82, 2.24) is 5.32 Å². The van der Waals surface area contributed by atoms with Gasteiger partial charge in [-0.15, -0.1) is 0 Å². The molecule has 7 heteroatoms. The van der Waals surface area contributed by atoms with Crippen LogP contribution in [0.1, 0.15) is 54.1 Å². The predicted molar refractivity (Wildman–Crippen MR) is 126 cm³/mol. The molecule has 0 atom stereocenters. The summed E-state index contributed by atoms with van der Waals surface area (Å²) in [6.07, 6.45) is 4.20. The lowest BCUT2D eigenvalue weighted by atomic mass is 9.88. The number of carbonyl (C=O) groups excluding carboxylic acids is 1. The Kier molecular flexibility index (Phi) is 7.38. The maximum absolute atomic E-state index is 12.0. The summed E-state index contributed by atoms with van der Waals surface area (Å²) < 4.78 is 16.0. The minimum Gasteiger partial charge on any atom is -0.493 e. The molecule has 31 heavy (non-hydrogen) atoms. The summed E-state index contributed by atoms with van der Waals surface area (Å²) in [6.45, 7) is 4.08. The van der Waals surface area contributed by atoms with E-state index in [0.29, 0.717) is 28.8 Å². The van der Waals surface area contributed by atoms with Crippen LogP contribution in [0.5, 0.6) is 11.5 Å². The third-order valence-corrected chi connectivity index (χ3v) is 5.94. The first-order valence-electron chi connectivity index (χ1n) is 10.5. The van der Waals surface area contributed by atoms with E-state index in [-0.39, 0.29) is 11.5 Å². The summed E-state index contributed by atoms with van der Waals surface area (Å²) in [5, 5.41) is 7.40. The SMILES string of the molecule is CCOC(=O)c1ccc(NC(=S)NC2(c3ccc(OC)c(OC)c3)CCCC2)c(C)c1. The van der Waals surface area contributed by atoms with Gasteiger partial charge in [0.2, 0.25) is 0 Å². The number of anilines is 1. The van der Waals surface area contributed by atoms with Gasteiger partial charge in [0, 0.05) is 5.69 Å². The maximum atomic E-state index is 12.0. The first kappa shape index (κ1) is 22.9. The number of thiocarbonyl (C=S) groups is 1. The Bertz CT molecular complexity index is 955. The molecule has 0 spiro atoms. The summed E-state index contributed by atoms with van der Waals surface area (Å²) in [7, 11) is 3.28. The van der Waals surface area contributed by atoms with Gasteiger partial charge in [-0.1, -0.05) is 18.9 Å². The molecule has 1 aliphatic carbocycles. The number of hydrogen-bond acceptors (Lipinski definition) is 5. The zero-order valence-corrected chi connectivity index (χ0v) is 19.4. The largest absolute Gasteiger partial charge is 0.493 e. The van der Waals surface area contributed by atoms with Crippen molar-refractivity contribution in [2.45, 2.75) is 45.1 Å². The highest BCUT2D eigenvalue weighted by Gasteiger charge is 2.37. The lowest BCUT2D eigenvalue weighted by molar-refractivity contribution is 0.0526. The lowest BCUT2D eigenvalue weighted by Gasteiger charge is -2.33. The van der Waals surface area contributed by atoms with Crippen molar-refractivity contribution in [3.05, 3.63) is 53.1 Å². The van der Waals surface area contributed by atoms with Crippen LogP contribution in [0.15, 0.2) is 36.4 Å². The topological polar surface area (TPSA) is 68.8 Å². The lowest BCUT2D eigenvalue weighted by Crippen LogP contribution is -2.45. The summed E-state index contributed by atoms with van der Waals surface area (Å²) in [4.78, 5) is 12.0. The molecule has 0 bridgehead atoms. The molecule has 1 fully saturated rings. The molecule has 1 saturated carbocycles. The molecule has 2 aromatic rings. The van der Waals surface area contributed by atoms with Crippen LogP contribution in [0.2, 0.25) is 0 Å². The minimum absolute atomic E-state index is 0.261. The molecule has 2 N–H and O–H groups in total. The first-order chi connectivity index (χ1) is 14.9. The summed E-state index contributed by atoms with van der Waals surface area (Å²) >= 11 is 5.67. The average molecular weight is 443 g/mol. The van der Waals surface area contributed by atoms with Crippen molar-refractivity contribution >= 4 is 29.0 Å². The number of rotatable bonds is 7. The smallest absolute Gasteiger partial charge is 0.338 e. The molecule has 3 rings (SSSR count). The minimum atomic E-state index is -0.323. The number of esters is 1. The number of ether oxygens (including phenoxy) is 3. The fraction of sp³-hybridized carbons (Fsp3) is 0.417. The normalized spacial score (nSPS) is 14.6. The van der Waals surface area contributed by atoms with Crippen molar-refractivity contribution in [2.75, 3.05) is 26.1 Å². The van der Waals surface area contributed by atoms with Crippen LogP contribution in [-0.4, -0.2) is 31.9 Å². The highest BCUT2D eigenvalue weighted by molar-refractivity contribution is 7.80. The zero-order valence-electron chi connectivity index (χ0n) is 18.5. The van der Waals surface area contributed by atoms with Gasteiger partial charge in [-0.3, -0.25) is 0 Å². The van der Waals surface area contributed by atoms with Gasteiger partial charge < -0.3 is 24.8 Å². The molecule has 0 unspecified atom stereocenters. The average Bonchev–Trinajstić information content (AvgIpc) is 3.24. The highest BCUT2D eigenvalue weighted by Crippen LogP contribution is 2.41. The molecule has 0 aromatic heterocycles. The van der Waals surface area contributed by atoms with Gasteiger partial charge in [0.05, 0.1) is 31.9 Å². The van der Waals surface area contributed by atoms with E-state index in [1.807, 2.05) is 31.2 Å². The molecular weight excluding hydrogens is 412 g/mol. The van der Waals surface area contributed by atoms with Crippen molar-refractivity contribution in [3.8, 4) is 11.5 Å². The van der Waals surface area contributed by atoms with Crippen LogP contribution in [0, 0.1) is 6.92 Å². The molecule has 0 saturated heterocycles. The van der Waals surface area contributed by atoms with Gasteiger partial charge >= 0.3 is 5.97 Å². The fourth-order valence-electron chi connectivity index (χ4n) is 4.11. The fourth-order valence-corrected chi connectivity index (χ4v) is 4.42. The monoisotopic (exact) mass is 442 g/mol. The summed E-state index contributed by atoms with van der Waals surface area (Å²) in [6, 6.07) is 11.4. The molecule has 2 aromatic carbocycles. The number of carbonyl (C=O) groups is 1. The standard InChI is InChI=1S/C24H30N2O4S/c1-5-30-22(27)17-8-10-19(16(2)14-17)25-23(31)26-24(12-6-7-13-24)18-9-11-20(28-3)21(15-18)29-4/h8-11,14-15H,5-7,12-13H2,1-4H3,(H2,25,26,31). The Morgan fingerprint density at radius 1 is 1.06 bits per heavy atom. The third-order valence-electron chi connectivity index (χ3n) is 5.73. The highest BCUT2D eigenvalue weighted by atomic mass is 32.1. The second kappa shape index (κ2) is 10.0. The number of benzene rings is 2. The molecular formula is C24H30N2O4S. The van der Waals surface area contributed by atoms with E-state index in [4.69, 9.17) is 26.4 Å². The number of nitrogens with one attached hydrogen (secondary N) is 2. The second-order valence-electron chi connectivity index (χ2n) is 7.69. The number of aryl methyl sites for hydroxylation is 1. The van der Waals surface area contributed by atoms with Crippen LogP contribution >= 0.6 is 12.2 Å². The molecule has 0 radical (unpaired) electrons. The third kappa shape index (κ3) is 5.10. The Labute approximate surface area is 189 Å². The van der Waals surface area contributed by atoms with Gasteiger partial charge in [-0.05, 0) is 80.4 Å². The van der Waals surface area contributed by atoms with Gasteiger partial charge in [0.25, 0.3) is 0 Å². The van der Waals surface area contributed by atoms with Gasteiger partial charge in [-0.2, -0.15) is 0 Å². The Morgan fingerprint density at radius 2 is 1.77 bits per heavy atom. The number of hydrogen-bond donors (Lipinski definition) is 2. The van der Waals surface area contributed by atoms with Crippen molar-refractivity contribution in [1.29, 1.82) is 0 Å². The molecule has 166 valence electrons. The predicted octanol–water partition coefficient (Wildman–Crippen LogP) is 4.94. The van der Waals surface area contributed by atoms with Crippen LogP contribution in [0.3, 0.4) is 0 Å². The molecule has 0 aliphatic heterocycles. The van der Waals surface area contributed by atoms with E-state index in [0.717, 1.165) is 42.5 Å². The van der Waals surface area contributed by atoms with Crippen molar-refractivity contribution < 1.29 is 19.0 Å². The van der Waals surface area contributed by atoms with E-state index >= 15 is 0 Å². The van der Waals surface area contributed by atoms with E-state index in [2.05, 4.69) is 16.7 Å². The Hall–Kier alpha value is -2.80. The van der Waals surface area contributed by atoms with E-state index in [1.165, 1.54) is 0 Å². The van der Waals surface area contributed by atoms with Crippen molar-refractivity contribution in [3.63, 3.8) is 0 Å². The molecule has 1 aliphatic rings. The molecule has 0 amide bonds. The summed E-state index contributed by atoms with van der Waals surface area (Å²) in [5.74, 6) is 1.09. The van der Waals surface area contributed by atoms with Gasteiger partial charge in [0.1, 0.15) is 0 Å². The van der Waals surface area contributed by atoms with Crippen LogP contribution in [0.25, 0.3) is 0 Å². The van der Waals surface area contributed by atoms with Gasteiger partial charge in [-0.25, -0.2) is 4.79 Å². The Morgan fingerprint density at radius 3 is 2.39 bits per heavy atom.